The summed E-state index contributed by atoms with van der Waals surface area (Å²) in [5.41, 5.74) is 2.11. The van der Waals surface area contributed by atoms with E-state index in [2.05, 4.69) is 11.7 Å². The van der Waals surface area contributed by atoms with Crippen LogP contribution in [0.15, 0.2) is 48.5 Å². The molecule has 0 aliphatic carbocycles. The Labute approximate surface area is 226 Å². The summed E-state index contributed by atoms with van der Waals surface area (Å²) in [4.78, 5) is 0. The number of rotatable bonds is 12. The summed E-state index contributed by atoms with van der Waals surface area (Å²) in [6.07, 6.45) is 2.20. The summed E-state index contributed by atoms with van der Waals surface area (Å²) in [5.74, 6) is -1.19. The zero-order chi connectivity index (χ0) is 27.8. The van der Waals surface area contributed by atoms with Gasteiger partial charge in [0.25, 0.3) is 0 Å². The van der Waals surface area contributed by atoms with Crippen LogP contribution in [0.2, 0.25) is 0 Å². The van der Waals surface area contributed by atoms with Gasteiger partial charge in [-0.2, -0.15) is 13.2 Å². The molecule has 8 heteroatoms. The predicted octanol–water partition coefficient (Wildman–Crippen LogP) is 8.35. The number of fused-ring (bicyclic) bond motifs is 1. The number of hydrogen-bond acceptors (Lipinski definition) is 3. The predicted molar refractivity (Wildman–Crippen MR) is 141 cm³/mol. The van der Waals surface area contributed by atoms with Crippen LogP contribution in [0.5, 0.6) is 5.75 Å². The largest absolute Gasteiger partial charge is 0.481 e. The first-order chi connectivity index (χ1) is 18.7. The van der Waals surface area contributed by atoms with Crippen LogP contribution in [0.3, 0.4) is 0 Å². The molecule has 4 rings (SSSR count). The zero-order valence-electron chi connectivity index (χ0n) is 22.2. The Morgan fingerprint density at radius 1 is 0.846 bits per heavy atom. The molecule has 39 heavy (non-hydrogen) atoms. The van der Waals surface area contributed by atoms with Crippen molar-refractivity contribution in [3.05, 3.63) is 76.9 Å². The molecule has 0 aromatic heterocycles. The number of halogens is 5. The van der Waals surface area contributed by atoms with Crippen molar-refractivity contribution in [3.8, 4) is 5.75 Å². The van der Waals surface area contributed by atoms with Gasteiger partial charge in [0.05, 0.1) is 13.2 Å². The van der Waals surface area contributed by atoms with Gasteiger partial charge in [0.1, 0.15) is 5.82 Å². The normalized spacial score (nSPS) is 18.0. The lowest BCUT2D eigenvalue weighted by Gasteiger charge is -2.29. The molecule has 3 aromatic rings. The zero-order valence-corrected chi connectivity index (χ0v) is 22.2. The van der Waals surface area contributed by atoms with Crippen LogP contribution in [0, 0.1) is 17.6 Å². The monoisotopic (exact) mass is 550 g/mol. The molecule has 0 unspecified atom stereocenters. The van der Waals surface area contributed by atoms with Crippen LogP contribution in [0.25, 0.3) is 10.8 Å². The highest BCUT2D eigenvalue weighted by molar-refractivity contribution is 5.84. The Morgan fingerprint density at radius 2 is 1.59 bits per heavy atom. The van der Waals surface area contributed by atoms with Crippen molar-refractivity contribution in [2.45, 2.75) is 70.8 Å². The van der Waals surface area contributed by atoms with Gasteiger partial charge in [0.2, 0.25) is 0 Å². The third kappa shape index (κ3) is 8.64. The van der Waals surface area contributed by atoms with Crippen molar-refractivity contribution >= 4 is 10.8 Å². The van der Waals surface area contributed by atoms with Gasteiger partial charge in [0, 0.05) is 17.7 Å². The van der Waals surface area contributed by atoms with Crippen molar-refractivity contribution in [1.29, 1.82) is 0 Å². The van der Waals surface area contributed by atoms with Crippen molar-refractivity contribution in [1.82, 2.24) is 0 Å². The van der Waals surface area contributed by atoms with Gasteiger partial charge >= 0.3 is 6.18 Å². The van der Waals surface area contributed by atoms with Crippen molar-refractivity contribution < 1.29 is 36.2 Å². The van der Waals surface area contributed by atoms with Gasteiger partial charge in [-0.25, -0.2) is 8.78 Å². The highest BCUT2D eigenvalue weighted by atomic mass is 19.4. The van der Waals surface area contributed by atoms with E-state index in [-0.39, 0.29) is 12.1 Å². The molecule has 3 nitrogen and oxygen atoms in total. The van der Waals surface area contributed by atoms with Gasteiger partial charge < -0.3 is 14.2 Å². The molecular weight excluding hydrogens is 515 g/mol. The molecule has 0 radical (unpaired) electrons. The maximum absolute atomic E-state index is 15.2. The molecule has 0 bridgehead atoms. The van der Waals surface area contributed by atoms with Crippen molar-refractivity contribution in [3.63, 3.8) is 0 Å². The Bertz CT molecular complexity index is 1220. The SMILES string of the molecule is CCCCCC1COC(CCc2ccc3c(F)c(CCc4ccc(OCC(F)(F)F)c(F)c4)ccc3c2)OC1. The van der Waals surface area contributed by atoms with E-state index in [9.17, 15) is 17.6 Å². The van der Waals surface area contributed by atoms with E-state index >= 15 is 4.39 Å². The van der Waals surface area contributed by atoms with Crippen molar-refractivity contribution in [2.75, 3.05) is 19.8 Å². The Morgan fingerprint density at radius 3 is 2.31 bits per heavy atom. The van der Waals surface area contributed by atoms with E-state index in [1.807, 2.05) is 18.2 Å². The third-order valence-corrected chi connectivity index (χ3v) is 7.09. The second kappa shape index (κ2) is 13.6. The standard InChI is InChI=1S/C31H35F5O3/c1-2-3-4-5-23-18-37-29(38-19-23)15-9-21-7-13-26-25(16-21)12-11-24(30(26)33)10-6-22-8-14-28(27(32)17-22)39-20-31(34,35)36/h7-8,11-14,16-17,23,29H,2-6,9-10,15,18-20H2,1H3. The number of hydrogen-bond donors (Lipinski definition) is 0. The quantitative estimate of drug-likeness (QED) is 0.168. The molecule has 1 heterocycles. The third-order valence-electron chi connectivity index (χ3n) is 7.09. The maximum Gasteiger partial charge on any atom is 0.422 e. The Hall–Kier alpha value is -2.71. The minimum atomic E-state index is -4.55. The topological polar surface area (TPSA) is 27.7 Å². The number of unbranched alkanes of at least 4 members (excludes halogenated alkanes) is 2. The lowest BCUT2D eigenvalue weighted by molar-refractivity contribution is -0.203. The molecule has 212 valence electrons. The van der Waals surface area contributed by atoms with E-state index in [4.69, 9.17) is 9.47 Å². The van der Waals surface area contributed by atoms with Crippen LogP contribution < -0.4 is 4.74 Å². The van der Waals surface area contributed by atoms with E-state index in [0.717, 1.165) is 49.5 Å². The number of aryl methyl sites for hydroxylation is 3. The van der Waals surface area contributed by atoms with Crippen LogP contribution in [0.1, 0.15) is 55.7 Å². The molecule has 0 atom stereocenters. The van der Waals surface area contributed by atoms with Gasteiger partial charge in [-0.15, -0.1) is 0 Å². The van der Waals surface area contributed by atoms with Gasteiger partial charge in [-0.1, -0.05) is 62.6 Å². The van der Waals surface area contributed by atoms with Gasteiger partial charge in [-0.3, -0.25) is 0 Å². The van der Waals surface area contributed by atoms with Crippen molar-refractivity contribution in [2.24, 2.45) is 5.92 Å². The minimum Gasteiger partial charge on any atom is -0.481 e. The fourth-order valence-corrected chi connectivity index (χ4v) is 4.87. The summed E-state index contributed by atoms with van der Waals surface area (Å²) < 4.78 is 82.6. The molecule has 1 saturated heterocycles. The highest BCUT2D eigenvalue weighted by Crippen LogP contribution is 2.27. The number of benzene rings is 3. The molecule has 0 saturated carbocycles. The van der Waals surface area contributed by atoms with Crippen LogP contribution in [-0.2, 0) is 28.7 Å². The molecule has 1 fully saturated rings. The molecule has 1 aliphatic heterocycles. The van der Waals surface area contributed by atoms with Crippen LogP contribution in [-0.4, -0.2) is 32.3 Å². The Balaban J connectivity index is 1.29. The second-order valence-corrected chi connectivity index (χ2v) is 10.3. The average molecular weight is 551 g/mol. The summed E-state index contributed by atoms with van der Waals surface area (Å²) in [7, 11) is 0. The first kappa shape index (κ1) is 29.3. The average Bonchev–Trinajstić information content (AvgIpc) is 2.91. The smallest absolute Gasteiger partial charge is 0.422 e. The summed E-state index contributed by atoms with van der Waals surface area (Å²) >= 11 is 0. The second-order valence-electron chi connectivity index (χ2n) is 10.3. The summed E-state index contributed by atoms with van der Waals surface area (Å²) in [6.45, 7) is 2.11. The molecular formula is C31H35F5O3. The van der Waals surface area contributed by atoms with E-state index in [1.165, 1.54) is 31.4 Å². The molecule has 0 N–H and O–H groups in total. The van der Waals surface area contributed by atoms with E-state index < -0.39 is 24.3 Å². The summed E-state index contributed by atoms with van der Waals surface area (Å²) in [6, 6.07) is 13.1. The minimum absolute atomic E-state index is 0.211. The molecule has 3 aromatic carbocycles. The lowest BCUT2D eigenvalue weighted by atomic mass is 9.98. The highest BCUT2D eigenvalue weighted by Gasteiger charge is 2.29. The van der Waals surface area contributed by atoms with Crippen LogP contribution >= 0.6 is 0 Å². The van der Waals surface area contributed by atoms with E-state index in [1.54, 1.807) is 12.1 Å². The first-order valence-electron chi connectivity index (χ1n) is 13.6. The van der Waals surface area contributed by atoms with Gasteiger partial charge in [0.15, 0.2) is 24.5 Å². The Kier molecular flexibility index (Phi) is 10.2. The molecule has 0 spiro atoms. The summed E-state index contributed by atoms with van der Waals surface area (Å²) in [5, 5.41) is 1.31. The fourth-order valence-electron chi connectivity index (χ4n) is 4.87. The number of ether oxygens (including phenoxy) is 3. The first-order valence-corrected chi connectivity index (χ1v) is 13.6. The lowest BCUT2D eigenvalue weighted by Crippen LogP contribution is -2.32. The molecule has 0 amide bonds. The molecule has 1 aliphatic rings. The fraction of sp³-hybridized carbons (Fsp3) is 0.484. The number of alkyl halides is 3. The van der Waals surface area contributed by atoms with Gasteiger partial charge in [-0.05, 0) is 59.9 Å². The van der Waals surface area contributed by atoms with E-state index in [0.29, 0.717) is 35.3 Å². The maximum atomic E-state index is 15.2. The van der Waals surface area contributed by atoms with Crippen LogP contribution in [0.4, 0.5) is 22.0 Å².